The van der Waals surface area contributed by atoms with Gasteiger partial charge in [0.1, 0.15) is 16.4 Å². The summed E-state index contributed by atoms with van der Waals surface area (Å²) in [6.45, 7) is 0. The SMILES string of the molecule is COc1ccc2c(Cl)c(C(=O)N/N=C/c3ccccc3OC)sc2c1. The molecule has 5 nitrogen and oxygen atoms in total. The number of hydrogen-bond donors (Lipinski definition) is 1. The van der Waals surface area contributed by atoms with Crippen LogP contribution in [0.1, 0.15) is 15.2 Å². The second kappa shape index (κ2) is 7.55. The van der Waals surface area contributed by atoms with Crippen LogP contribution < -0.4 is 14.9 Å². The van der Waals surface area contributed by atoms with Crippen molar-refractivity contribution in [3.8, 4) is 11.5 Å². The van der Waals surface area contributed by atoms with Crippen LogP contribution in [0.15, 0.2) is 47.6 Å². The number of nitrogens with zero attached hydrogens (tertiary/aromatic N) is 1. The number of hydrogen-bond acceptors (Lipinski definition) is 5. The fourth-order valence-corrected chi connectivity index (χ4v) is 3.74. The summed E-state index contributed by atoms with van der Waals surface area (Å²) in [5.74, 6) is 1.02. The molecule has 0 unspecified atom stereocenters. The van der Waals surface area contributed by atoms with Crippen molar-refractivity contribution in [3.05, 3.63) is 57.9 Å². The number of rotatable bonds is 5. The summed E-state index contributed by atoms with van der Waals surface area (Å²) in [5.41, 5.74) is 3.26. The molecule has 0 bridgehead atoms. The molecule has 128 valence electrons. The van der Waals surface area contributed by atoms with Gasteiger partial charge in [-0.25, -0.2) is 5.43 Å². The van der Waals surface area contributed by atoms with Crippen LogP contribution in [0.3, 0.4) is 0 Å². The van der Waals surface area contributed by atoms with Gasteiger partial charge in [-0.2, -0.15) is 5.10 Å². The van der Waals surface area contributed by atoms with E-state index in [-0.39, 0.29) is 5.91 Å². The second-order valence-electron chi connectivity index (χ2n) is 5.05. The Labute approximate surface area is 153 Å². The second-order valence-corrected chi connectivity index (χ2v) is 6.48. The van der Waals surface area contributed by atoms with Crippen molar-refractivity contribution in [1.29, 1.82) is 0 Å². The third kappa shape index (κ3) is 3.60. The predicted molar refractivity (Wildman–Crippen MR) is 101 cm³/mol. The minimum atomic E-state index is -0.365. The Hall–Kier alpha value is -2.57. The summed E-state index contributed by atoms with van der Waals surface area (Å²) < 4.78 is 11.3. The quantitative estimate of drug-likeness (QED) is 0.534. The van der Waals surface area contributed by atoms with E-state index in [9.17, 15) is 4.79 Å². The largest absolute Gasteiger partial charge is 0.497 e. The van der Waals surface area contributed by atoms with E-state index >= 15 is 0 Å². The minimum absolute atomic E-state index is 0.365. The van der Waals surface area contributed by atoms with Crippen molar-refractivity contribution >= 4 is 45.1 Å². The Balaban J connectivity index is 1.80. The molecule has 0 saturated carbocycles. The fourth-order valence-electron chi connectivity index (χ4n) is 2.30. The Morgan fingerprint density at radius 1 is 1.20 bits per heavy atom. The van der Waals surface area contributed by atoms with Crippen LogP contribution in [0.5, 0.6) is 11.5 Å². The molecule has 7 heteroatoms. The highest BCUT2D eigenvalue weighted by atomic mass is 35.5. The average Bonchev–Trinajstić information content (AvgIpc) is 2.98. The molecular weight excluding hydrogens is 360 g/mol. The number of fused-ring (bicyclic) bond motifs is 1. The van der Waals surface area contributed by atoms with E-state index in [1.54, 1.807) is 14.2 Å². The van der Waals surface area contributed by atoms with Gasteiger partial charge in [0.25, 0.3) is 5.91 Å². The van der Waals surface area contributed by atoms with Gasteiger partial charge in [0, 0.05) is 15.6 Å². The summed E-state index contributed by atoms with van der Waals surface area (Å²) in [5, 5.41) is 5.21. The van der Waals surface area contributed by atoms with E-state index < -0.39 is 0 Å². The van der Waals surface area contributed by atoms with Crippen molar-refractivity contribution in [2.75, 3.05) is 14.2 Å². The lowest BCUT2D eigenvalue weighted by Gasteiger charge is -2.03. The molecule has 2 aromatic carbocycles. The van der Waals surface area contributed by atoms with Crippen LogP contribution >= 0.6 is 22.9 Å². The minimum Gasteiger partial charge on any atom is -0.497 e. The van der Waals surface area contributed by atoms with E-state index in [0.29, 0.717) is 21.4 Å². The maximum atomic E-state index is 12.4. The lowest BCUT2D eigenvalue weighted by Crippen LogP contribution is -2.16. The predicted octanol–water partition coefficient (Wildman–Crippen LogP) is 4.34. The normalized spacial score (nSPS) is 11.0. The van der Waals surface area contributed by atoms with Gasteiger partial charge in [-0.05, 0) is 30.3 Å². The first-order chi connectivity index (χ1) is 12.1. The van der Waals surface area contributed by atoms with Gasteiger partial charge in [-0.3, -0.25) is 4.79 Å². The van der Waals surface area contributed by atoms with Gasteiger partial charge in [-0.1, -0.05) is 23.7 Å². The first-order valence-corrected chi connectivity index (χ1v) is 8.56. The van der Waals surface area contributed by atoms with E-state index in [4.69, 9.17) is 21.1 Å². The molecule has 25 heavy (non-hydrogen) atoms. The molecule has 0 saturated heterocycles. The highest BCUT2D eigenvalue weighted by Crippen LogP contribution is 2.37. The molecule has 3 aromatic rings. The lowest BCUT2D eigenvalue weighted by atomic mass is 10.2. The van der Waals surface area contributed by atoms with Gasteiger partial charge >= 0.3 is 0 Å². The van der Waals surface area contributed by atoms with E-state index in [2.05, 4.69) is 10.5 Å². The number of carbonyl (C=O) groups is 1. The smallest absolute Gasteiger partial charge is 0.283 e. The van der Waals surface area contributed by atoms with Crippen molar-refractivity contribution in [2.45, 2.75) is 0 Å². The van der Waals surface area contributed by atoms with Gasteiger partial charge < -0.3 is 9.47 Å². The van der Waals surface area contributed by atoms with Crippen molar-refractivity contribution in [3.63, 3.8) is 0 Å². The Morgan fingerprint density at radius 2 is 2.00 bits per heavy atom. The van der Waals surface area contributed by atoms with Crippen LogP contribution in [0.25, 0.3) is 10.1 Å². The topological polar surface area (TPSA) is 59.9 Å². The molecule has 0 aliphatic heterocycles. The molecule has 0 fully saturated rings. The molecule has 1 N–H and O–H groups in total. The summed E-state index contributed by atoms with van der Waals surface area (Å²) >= 11 is 7.62. The molecule has 0 atom stereocenters. The van der Waals surface area contributed by atoms with E-state index in [0.717, 1.165) is 15.6 Å². The molecule has 0 aliphatic rings. The van der Waals surface area contributed by atoms with Crippen LogP contribution in [0.4, 0.5) is 0 Å². The van der Waals surface area contributed by atoms with E-state index in [1.165, 1.54) is 17.6 Å². The molecule has 0 spiro atoms. The molecule has 0 radical (unpaired) electrons. The number of thiophene rings is 1. The maximum Gasteiger partial charge on any atom is 0.283 e. The first-order valence-electron chi connectivity index (χ1n) is 7.36. The Morgan fingerprint density at radius 3 is 2.76 bits per heavy atom. The number of carbonyl (C=O) groups excluding carboxylic acids is 1. The number of amides is 1. The monoisotopic (exact) mass is 374 g/mol. The maximum absolute atomic E-state index is 12.4. The number of methoxy groups -OCH3 is 2. The highest BCUT2D eigenvalue weighted by molar-refractivity contribution is 7.21. The molecule has 3 rings (SSSR count). The molecule has 1 aromatic heterocycles. The summed E-state index contributed by atoms with van der Waals surface area (Å²) in [6, 6.07) is 12.9. The zero-order chi connectivity index (χ0) is 17.8. The van der Waals surface area contributed by atoms with E-state index in [1.807, 2.05) is 42.5 Å². The zero-order valence-corrected chi connectivity index (χ0v) is 15.1. The first kappa shape index (κ1) is 17.3. The fraction of sp³-hybridized carbons (Fsp3) is 0.111. The Bertz CT molecular complexity index is 953. The number of halogens is 1. The Kier molecular flexibility index (Phi) is 5.21. The van der Waals surface area contributed by atoms with Crippen molar-refractivity contribution < 1.29 is 14.3 Å². The highest BCUT2D eigenvalue weighted by Gasteiger charge is 2.17. The average molecular weight is 375 g/mol. The standard InChI is InChI=1S/C18H15ClN2O3S/c1-23-12-7-8-13-15(9-12)25-17(16(13)19)18(22)21-20-10-11-5-3-4-6-14(11)24-2/h3-10H,1-2H3,(H,21,22)/b20-10+. The van der Waals surface area contributed by atoms with Crippen molar-refractivity contribution in [2.24, 2.45) is 5.10 Å². The van der Waals surface area contributed by atoms with Crippen LogP contribution in [-0.4, -0.2) is 26.3 Å². The number of benzene rings is 2. The number of para-hydroxylation sites is 1. The van der Waals surface area contributed by atoms with Crippen molar-refractivity contribution in [1.82, 2.24) is 5.43 Å². The zero-order valence-electron chi connectivity index (χ0n) is 13.6. The summed E-state index contributed by atoms with van der Waals surface area (Å²) in [4.78, 5) is 12.8. The van der Waals surface area contributed by atoms with Gasteiger partial charge in [-0.15, -0.1) is 11.3 Å². The van der Waals surface area contributed by atoms with Gasteiger partial charge in [0.2, 0.25) is 0 Å². The van der Waals surface area contributed by atoms with Crippen LogP contribution in [-0.2, 0) is 0 Å². The number of nitrogens with one attached hydrogen (secondary N) is 1. The molecular formula is C18H15ClN2O3S. The third-order valence-corrected chi connectivity index (χ3v) is 5.21. The molecule has 1 amide bonds. The molecule has 0 aliphatic carbocycles. The third-order valence-electron chi connectivity index (χ3n) is 3.55. The van der Waals surface area contributed by atoms with Crippen LogP contribution in [0.2, 0.25) is 5.02 Å². The summed E-state index contributed by atoms with van der Waals surface area (Å²) in [6.07, 6.45) is 1.53. The number of hydrazone groups is 1. The molecule has 1 heterocycles. The van der Waals surface area contributed by atoms with Crippen LogP contribution in [0, 0.1) is 0 Å². The lowest BCUT2D eigenvalue weighted by molar-refractivity contribution is 0.0959. The number of ether oxygens (including phenoxy) is 2. The van der Waals surface area contributed by atoms with Gasteiger partial charge in [0.05, 0.1) is 25.5 Å². The summed E-state index contributed by atoms with van der Waals surface area (Å²) in [7, 11) is 3.17. The van der Waals surface area contributed by atoms with Gasteiger partial charge in [0.15, 0.2) is 0 Å².